The molecule has 2 atom stereocenters. The van der Waals surface area contributed by atoms with Gasteiger partial charge in [-0.25, -0.2) is 0 Å². The third-order valence-electron chi connectivity index (χ3n) is 3.36. The Morgan fingerprint density at radius 3 is 3.00 bits per heavy atom. The van der Waals surface area contributed by atoms with Gasteiger partial charge >= 0.3 is 0 Å². The van der Waals surface area contributed by atoms with E-state index >= 15 is 0 Å². The molecule has 1 saturated heterocycles. The Bertz CT molecular complexity index is 332. The van der Waals surface area contributed by atoms with Gasteiger partial charge in [0.15, 0.2) is 0 Å². The number of aryl methyl sites for hydroxylation is 1. The third kappa shape index (κ3) is 2.28. The first-order chi connectivity index (χ1) is 7.72. The number of likely N-dealkylation sites (tertiary alicyclic amines) is 1. The lowest BCUT2D eigenvalue weighted by Gasteiger charge is -2.39. The summed E-state index contributed by atoms with van der Waals surface area (Å²) >= 11 is 0. The molecule has 0 amide bonds. The maximum absolute atomic E-state index is 6.26. The van der Waals surface area contributed by atoms with Crippen molar-refractivity contribution in [2.75, 3.05) is 13.1 Å². The first-order valence-electron chi connectivity index (χ1n) is 6.20. The summed E-state index contributed by atoms with van der Waals surface area (Å²) in [7, 11) is 1.96. The number of hydrogen-bond acceptors (Lipinski definition) is 3. The van der Waals surface area contributed by atoms with E-state index in [1.165, 1.54) is 24.9 Å². The molecule has 0 aromatic carbocycles. The lowest BCUT2D eigenvalue weighted by molar-refractivity contribution is 0.128. The summed E-state index contributed by atoms with van der Waals surface area (Å²) in [5.41, 5.74) is 7.53. The van der Waals surface area contributed by atoms with Gasteiger partial charge in [0.1, 0.15) is 0 Å². The minimum atomic E-state index is 0.254. The summed E-state index contributed by atoms with van der Waals surface area (Å²) in [4.78, 5) is 2.51. The molecule has 1 aromatic heterocycles. The Morgan fingerprint density at radius 2 is 2.38 bits per heavy atom. The normalized spacial score (nSPS) is 27.2. The third-order valence-corrected chi connectivity index (χ3v) is 3.36. The molecule has 0 radical (unpaired) electrons. The number of hydrogen-bond donors (Lipinski definition) is 1. The largest absolute Gasteiger partial charge is 0.326 e. The van der Waals surface area contributed by atoms with Gasteiger partial charge in [0.25, 0.3) is 0 Å². The van der Waals surface area contributed by atoms with Crippen LogP contribution in [-0.4, -0.2) is 33.8 Å². The predicted octanol–water partition coefficient (Wildman–Crippen LogP) is 1.29. The van der Waals surface area contributed by atoms with Crippen molar-refractivity contribution < 1.29 is 0 Å². The number of piperidine rings is 1. The summed E-state index contributed by atoms with van der Waals surface area (Å²) in [6.45, 7) is 4.52. The summed E-state index contributed by atoms with van der Waals surface area (Å²) in [5, 5.41) is 4.26. The zero-order valence-electron chi connectivity index (χ0n) is 10.3. The van der Waals surface area contributed by atoms with E-state index in [4.69, 9.17) is 5.73 Å². The molecule has 0 aliphatic carbocycles. The Labute approximate surface area is 97.4 Å². The van der Waals surface area contributed by atoms with Crippen LogP contribution < -0.4 is 5.73 Å². The van der Waals surface area contributed by atoms with Gasteiger partial charge in [-0.15, -0.1) is 0 Å². The molecule has 1 aromatic rings. The van der Waals surface area contributed by atoms with Gasteiger partial charge in [0, 0.05) is 24.8 Å². The highest BCUT2D eigenvalue weighted by Gasteiger charge is 2.30. The molecule has 2 heterocycles. The van der Waals surface area contributed by atoms with Gasteiger partial charge in [0.05, 0.1) is 12.2 Å². The van der Waals surface area contributed by atoms with Gasteiger partial charge in [-0.1, -0.05) is 6.92 Å². The van der Waals surface area contributed by atoms with E-state index in [0.717, 1.165) is 13.0 Å². The Balaban J connectivity index is 2.18. The molecule has 1 aliphatic heterocycles. The van der Waals surface area contributed by atoms with E-state index in [9.17, 15) is 0 Å². The van der Waals surface area contributed by atoms with Crippen LogP contribution in [0.5, 0.6) is 0 Å². The monoisotopic (exact) mass is 222 g/mol. The second kappa shape index (κ2) is 4.97. The SMILES string of the molecule is CCCN1CCCC(N)C1c1cnn(C)c1. The predicted molar refractivity (Wildman–Crippen MR) is 65.0 cm³/mol. The van der Waals surface area contributed by atoms with Crippen LogP contribution in [-0.2, 0) is 7.05 Å². The van der Waals surface area contributed by atoms with Crippen LogP contribution in [0.3, 0.4) is 0 Å². The molecule has 1 fully saturated rings. The molecule has 16 heavy (non-hydrogen) atoms. The maximum Gasteiger partial charge on any atom is 0.0538 e. The highest BCUT2D eigenvalue weighted by molar-refractivity contribution is 5.14. The Morgan fingerprint density at radius 1 is 1.56 bits per heavy atom. The van der Waals surface area contributed by atoms with Gasteiger partial charge in [0.2, 0.25) is 0 Å². The number of rotatable bonds is 3. The van der Waals surface area contributed by atoms with Crippen molar-refractivity contribution >= 4 is 0 Å². The average molecular weight is 222 g/mol. The lowest BCUT2D eigenvalue weighted by Crippen LogP contribution is -2.45. The van der Waals surface area contributed by atoms with Gasteiger partial charge < -0.3 is 5.73 Å². The first-order valence-corrected chi connectivity index (χ1v) is 6.20. The maximum atomic E-state index is 6.26. The van der Waals surface area contributed by atoms with Gasteiger partial charge in [-0.2, -0.15) is 5.10 Å². The fraction of sp³-hybridized carbons (Fsp3) is 0.750. The fourth-order valence-corrected chi connectivity index (χ4v) is 2.69. The van der Waals surface area contributed by atoms with E-state index in [-0.39, 0.29) is 6.04 Å². The first kappa shape index (κ1) is 11.6. The van der Waals surface area contributed by atoms with Crippen LogP contribution in [0.1, 0.15) is 37.8 Å². The fourth-order valence-electron chi connectivity index (χ4n) is 2.69. The highest BCUT2D eigenvalue weighted by atomic mass is 15.3. The molecule has 4 heteroatoms. The molecule has 2 N–H and O–H groups in total. The van der Waals surface area contributed by atoms with Crippen molar-refractivity contribution in [3.63, 3.8) is 0 Å². The van der Waals surface area contributed by atoms with Crippen molar-refractivity contribution in [1.82, 2.24) is 14.7 Å². The molecule has 4 nitrogen and oxygen atoms in total. The van der Waals surface area contributed by atoms with Crippen LogP contribution in [0.25, 0.3) is 0 Å². The molecule has 0 saturated carbocycles. The number of nitrogens with zero attached hydrogens (tertiary/aromatic N) is 3. The highest BCUT2D eigenvalue weighted by Crippen LogP contribution is 2.29. The molecular weight excluding hydrogens is 200 g/mol. The second-order valence-electron chi connectivity index (χ2n) is 4.73. The zero-order valence-corrected chi connectivity index (χ0v) is 10.3. The van der Waals surface area contributed by atoms with E-state index in [2.05, 4.69) is 23.1 Å². The minimum Gasteiger partial charge on any atom is -0.326 e. The van der Waals surface area contributed by atoms with Gasteiger partial charge in [-0.05, 0) is 32.4 Å². The number of aromatic nitrogens is 2. The Hall–Kier alpha value is -0.870. The molecule has 2 unspecified atom stereocenters. The van der Waals surface area contributed by atoms with E-state index in [1.807, 2.05) is 17.9 Å². The van der Waals surface area contributed by atoms with Crippen molar-refractivity contribution in [2.24, 2.45) is 12.8 Å². The summed E-state index contributed by atoms with van der Waals surface area (Å²) in [6.07, 6.45) is 7.58. The van der Waals surface area contributed by atoms with Gasteiger partial charge in [-0.3, -0.25) is 9.58 Å². The molecule has 1 aliphatic rings. The van der Waals surface area contributed by atoms with Crippen molar-refractivity contribution in [3.8, 4) is 0 Å². The van der Waals surface area contributed by atoms with Crippen molar-refractivity contribution in [1.29, 1.82) is 0 Å². The summed E-state index contributed by atoms with van der Waals surface area (Å²) in [5.74, 6) is 0. The van der Waals surface area contributed by atoms with Crippen molar-refractivity contribution in [2.45, 2.75) is 38.3 Å². The van der Waals surface area contributed by atoms with Crippen LogP contribution in [0, 0.1) is 0 Å². The van der Waals surface area contributed by atoms with E-state index < -0.39 is 0 Å². The average Bonchev–Trinajstić information content (AvgIpc) is 2.65. The molecule has 0 spiro atoms. The molecule has 90 valence electrons. The standard InChI is InChI=1S/C12H22N4/c1-3-6-16-7-4-5-11(13)12(16)10-8-14-15(2)9-10/h8-9,11-12H,3-7,13H2,1-2H3. The minimum absolute atomic E-state index is 0.254. The lowest BCUT2D eigenvalue weighted by atomic mass is 9.92. The number of nitrogens with two attached hydrogens (primary N) is 1. The quantitative estimate of drug-likeness (QED) is 0.838. The van der Waals surface area contributed by atoms with Crippen LogP contribution >= 0.6 is 0 Å². The molecule has 2 rings (SSSR count). The molecule has 0 bridgehead atoms. The van der Waals surface area contributed by atoms with E-state index in [1.54, 1.807) is 0 Å². The van der Waals surface area contributed by atoms with Crippen LogP contribution in [0.2, 0.25) is 0 Å². The van der Waals surface area contributed by atoms with Crippen LogP contribution in [0.15, 0.2) is 12.4 Å². The smallest absolute Gasteiger partial charge is 0.0538 e. The van der Waals surface area contributed by atoms with Crippen molar-refractivity contribution in [3.05, 3.63) is 18.0 Å². The molecular formula is C12H22N4. The second-order valence-corrected chi connectivity index (χ2v) is 4.73. The zero-order chi connectivity index (χ0) is 11.5. The Kier molecular flexibility index (Phi) is 3.61. The summed E-state index contributed by atoms with van der Waals surface area (Å²) in [6, 6.07) is 0.617. The van der Waals surface area contributed by atoms with E-state index in [0.29, 0.717) is 6.04 Å². The van der Waals surface area contributed by atoms with Crippen LogP contribution in [0.4, 0.5) is 0 Å². The topological polar surface area (TPSA) is 47.1 Å². The summed E-state index contributed by atoms with van der Waals surface area (Å²) < 4.78 is 1.86.